The number of carboxylic acid groups (broad SMARTS) is 1. The topological polar surface area (TPSA) is 107 Å². The van der Waals surface area contributed by atoms with E-state index in [1.54, 1.807) is 0 Å². The van der Waals surface area contributed by atoms with E-state index in [0.29, 0.717) is 0 Å². The molecule has 7 heteroatoms. The predicted molar refractivity (Wildman–Crippen MR) is 54.3 cm³/mol. The van der Waals surface area contributed by atoms with Crippen LogP contribution in [0.3, 0.4) is 0 Å². The fourth-order valence-electron chi connectivity index (χ4n) is 1.83. The summed E-state index contributed by atoms with van der Waals surface area (Å²) < 4.78 is 0. The highest BCUT2D eigenvalue weighted by Gasteiger charge is 2.37. The van der Waals surface area contributed by atoms with Crippen LogP contribution in [-0.2, 0) is 4.79 Å². The van der Waals surface area contributed by atoms with Crippen molar-refractivity contribution in [2.75, 3.05) is 11.4 Å². The number of aromatic nitrogens is 2. The maximum absolute atomic E-state index is 11.4. The minimum absolute atomic E-state index is 0.0338. The lowest BCUT2D eigenvalue weighted by atomic mass is 10.2. The van der Waals surface area contributed by atoms with Crippen molar-refractivity contribution in [1.82, 2.24) is 9.97 Å². The molecule has 2 atom stereocenters. The number of aliphatic hydroxyl groups excluding tert-OH is 1. The summed E-state index contributed by atoms with van der Waals surface area (Å²) in [5, 5.41) is 18.4. The van der Waals surface area contributed by atoms with Gasteiger partial charge >= 0.3 is 5.97 Å². The highest BCUT2D eigenvalue weighted by Crippen LogP contribution is 2.21. The third kappa shape index (κ3) is 1.76. The second kappa shape index (κ2) is 3.93. The van der Waals surface area contributed by atoms with Gasteiger partial charge in [0.25, 0.3) is 5.56 Å². The average Bonchev–Trinajstić information content (AvgIpc) is 2.61. The van der Waals surface area contributed by atoms with Crippen LogP contribution in [0.1, 0.15) is 6.42 Å². The molecule has 1 fully saturated rings. The summed E-state index contributed by atoms with van der Waals surface area (Å²) in [6.45, 7) is 0.108. The number of aromatic amines is 1. The van der Waals surface area contributed by atoms with E-state index >= 15 is 0 Å². The number of H-pyrrole nitrogens is 1. The van der Waals surface area contributed by atoms with E-state index < -0.39 is 23.7 Å². The third-order valence-corrected chi connectivity index (χ3v) is 2.52. The molecule has 1 aromatic heterocycles. The van der Waals surface area contributed by atoms with Crippen LogP contribution in [0.4, 0.5) is 5.82 Å². The van der Waals surface area contributed by atoms with Gasteiger partial charge in [-0.05, 0) is 0 Å². The summed E-state index contributed by atoms with van der Waals surface area (Å²) in [4.78, 5) is 30.0. The van der Waals surface area contributed by atoms with Gasteiger partial charge in [0.2, 0.25) is 0 Å². The van der Waals surface area contributed by atoms with Crippen LogP contribution in [0.15, 0.2) is 17.2 Å². The zero-order valence-corrected chi connectivity index (χ0v) is 8.33. The van der Waals surface area contributed by atoms with Gasteiger partial charge in [-0.1, -0.05) is 0 Å². The standard InChI is InChI=1S/C9H11N3O4/c13-5-3-6(9(15)16)12(4-5)7-8(14)11-2-1-10-7/h1-2,5-6,13H,3-4H2,(H,11,14)(H,15,16). The lowest BCUT2D eigenvalue weighted by Gasteiger charge is -2.20. The van der Waals surface area contributed by atoms with Crippen molar-refractivity contribution in [2.45, 2.75) is 18.6 Å². The Labute approximate surface area is 90.4 Å². The number of rotatable bonds is 2. The summed E-state index contributed by atoms with van der Waals surface area (Å²) in [7, 11) is 0. The Kier molecular flexibility index (Phi) is 2.61. The Morgan fingerprint density at radius 3 is 3.00 bits per heavy atom. The molecule has 0 aromatic carbocycles. The first-order chi connectivity index (χ1) is 7.59. The normalized spacial score (nSPS) is 24.7. The van der Waals surface area contributed by atoms with Gasteiger partial charge in [-0.3, -0.25) is 4.79 Å². The van der Waals surface area contributed by atoms with E-state index in [-0.39, 0.29) is 18.8 Å². The van der Waals surface area contributed by atoms with Crippen molar-refractivity contribution in [3.63, 3.8) is 0 Å². The molecule has 86 valence electrons. The largest absolute Gasteiger partial charge is 0.480 e. The van der Waals surface area contributed by atoms with Gasteiger partial charge in [0.1, 0.15) is 6.04 Å². The van der Waals surface area contributed by atoms with Crippen LogP contribution in [0, 0.1) is 0 Å². The third-order valence-electron chi connectivity index (χ3n) is 2.52. The predicted octanol–water partition coefficient (Wildman–Crippen LogP) is -1.21. The van der Waals surface area contributed by atoms with Gasteiger partial charge in [0.05, 0.1) is 6.10 Å². The van der Waals surface area contributed by atoms with E-state index in [1.165, 1.54) is 17.3 Å². The van der Waals surface area contributed by atoms with Crippen molar-refractivity contribution < 1.29 is 15.0 Å². The monoisotopic (exact) mass is 225 g/mol. The van der Waals surface area contributed by atoms with Gasteiger partial charge < -0.3 is 20.1 Å². The van der Waals surface area contributed by atoms with E-state index in [1.807, 2.05) is 0 Å². The maximum atomic E-state index is 11.4. The summed E-state index contributed by atoms with van der Waals surface area (Å²) in [6.07, 6.45) is 2.10. The van der Waals surface area contributed by atoms with Crippen molar-refractivity contribution in [2.24, 2.45) is 0 Å². The molecule has 2 heterocycles. The van der Waals surface area contributed by atoms with Gasteiger partial charge in [-0.15, -0.1) is 0 Å². The molecule has 0 spiro atoms. The molecule has 1 aromatic rings. The Morgan fingerprint density at radius 1 is 1.62 bits per heavy atom. The van der Waals surface area contributed by atoms with Crippen molar-refractivity contribution in [1.29, 1.82) is 0 Å². The van der Waals surface area contributed by atoms with Gasteiger partial charge in [-0.2, -0.15) is 0 Å². The summed E-state index contributed by atoms with van der Waals surface area (Å²) in [5.74, 6) is -1.03. The number of carbonyl (C=O) groups is 1. The van der Waals surface area contributed by atoms with Crippen LogP contribution in [0.25, 0.3) is 0 Å². The van der Waals surface area contributed by atoms with Crippen molar-refractivity contribution in [3.8, 4) is 0 Å². The number of β-amino-alcohol motifs (C(OH)–C–C–N with tert-alkyl or cyclic N) is 1. The number of hydrogen-bond acceptors (Lipinski definition) is 5. The molecule has 3 N–H and O–H groups in total. The fourth-order valence-corrected chi connectivity index (χ4v) is 1.83. The van der Waals surface area contributed by atoms with Crippen LogP contribution < -0.4 is 10.5 Å². The second-order valence-electron chi connectivity index (χ2n) is 3.64. The number of hydrogen-bond donors (Lipinski definition) is 3. The summed E-state index contributed by atoms with van der Waals surface area (Å²) in [6, 6.07) is -0.897. The maximum Gasteiger partial charge on any atom is 0.326 e. The SMILES string of the molecule is O=C(O)C1CC(O)CN1c1ncc[nH]c1=O. The Balaban J connectivity index is 2.36. The Hall–Kier alpha value is -1.89. The first-order valence-corrected chi connectivity index (χ1v) is 4.81. The summed E-state index contributed by atoms with van der Waals surface area (Å²) in [5.41, 5.74) is -0.456. The van der Waals surface area contributed by atoms with Crippen LogP contribution >= 0.6 is 0 Å². The molecule has 1 saturated heterocycles. The van der Waals surface area contributed by atoms with E-state index in [0.717, 1.165) is 0 Å². The first-order valence-electron chi connectivity index (χ1n) is 4.81. The molecule has 0 aliphatic carbocycles. The first kappa shape index (κ1) is 10.6. The average molecular weight is 225 g/mol. The molecule has 0 amide bonds. The molecule has 2 rings (SSSR count). The Bertz CT molecular complexity index is 458. The van der Waals surface area contributed by atoms with E-state index in [9.17, 15) is 14.7 Å². The molecule has 16 heavy (non-hydrogen) atoms. The lowest BCUT2D eigenvalue weighted by Crippen LogP contribution is -2.39. The number of nitrogens with zero attached hydrogens (tertiary/aromatic N) is 2. The number of anilines is 1. The quantitative estimate of drug-likeness (QED) is 0.583. The molecular formula is C9H11N3O4. The van der Waals surface area contributed by atoms with Gasteiger partial charge in [0, 0.05) is 25.4 Å². The lowest BCUT2D eigenvalue weighted by molar-refractivity contribution is -0.138. The molecule has 7 nitrogen and oxygen atoms in total. The van der Waals surface area contributed by atoms with Crippen molar-refractivity contribution >= 4 is 11.8 Å². The zero-order chi connectivity index (χ0) is 11.7. The Morgan fingerprint density at radius 2 is 2.38 bits per heavy atom. The second-order valence-corrected chi connectivity index (χ2v) is 3.64. The van der Waals surface area contributed by atoms with Crippen LogP contribution in [0.2, 0.25) is 0 Å². The van der Waals surface area contributed by atoms with E-state index in [4.69, 9.17) is 5.11 Å². The smallest absolute Gasteiger partial charge is 0.326 e. The molecule has 1 aliphatic heterocycles. The molecule has 0 saturated carbocycles. The molecule has 2 unspecified atom stereocenters. The van der Waals surface area contributed by atoms with Crippen LogP contribution in [0.5, 0.6) is 0 Å². The van der Waals surface area contributed by atoms with Crippen LogP contribution in [-0.4, -0.2) is 44.8 Å². The number of carboxylic acids is 1. The number of aliphatic hydroxyl groups is 1. The minimum atomic E-state index is -1.07. The van der Waals surface area contributed by atoms with Gasteiger partial charge in [-0.25, -0.2) is 9.78 Å². The minimum Gasteiger partial charge on any atom is -0.480 e. The molecule has 0 radical (unpaired) electrons. The highest BCUT2D eigenvalue weighted by atomic mass is 16.4. The number of nitrogens with one attached hydrogen (secondary N) is 1. The zero-order valence-electron chi connectivity index (χ0n) is 8.33. The fraction of sp³-hybridized carbons (Fsp3) is 0.444. The van der Waals surface area contributed by atoms with Gasteiger partial charge in [0.15, 0.2) is 5.82 Å². The molecular weight excluding hydrogens is 214 g/mol. The molecule has 0 bridgehead atoms. The van der Waals surface area contributed by atoms with Crippen molar-refractivity contribution in [3.05, 3.63) is 22.7 Å². The number of aliphatic carboxylic acids is 1. The molecule has 1 aliphatic rings. The van der Waals surface area contributed by atoms with E-state index in [2.05, 4.69) is 9.97 Å². The highest BCUT2D eigenvalue weighted by molar-refractivity contribution is 5.78. The summed E-state index contributed by atoms with van der Waals surface area (Å²) >= 11 is 0.